The van der Waals surface area contributed by atoms with Crippen LogP contribution < -0.4 is 5.32 Å². The second-order valence-corrected chi connectivity index (χ2v) is 9.53. The number of furan rings is 1. The Labute approximate surface area is 161 Å². The number of rotatable bonds is 5. The number of nitrogens with one attached hydrogen (secondary N) is 1. The molecular weight excluding hydrogens is 384 g/mol. The molecule has 0 radical (unpaired) electrons. The lowest BCUT2D eigenvalue weighted by Gasteiger charge is -2.11. The molecule has 2 aromatic heterocycles. The third kappa shape index (κ3) is 3.68. The molecule has 0 bridgehead atoms. The Kier molecular flexibility index (Phi) is 4.84. The van der Waals surface area contributed by atoms with Crippen LogP contribution in [0.2, 0.25) is 0 Å². The number of hydrogen-bond donors (Lipinski definition) is 1. The third-order valence-corrected chi connectivity index (χ3v) is 7.79. The van der Waals surface area contributed by atoms with E-state index >= 15 is 0 Å². The van der Waals surface area contributed by atoms with Crippen molar-refractivity contribution < 1.29 is 17.6 Å². The van der Waals surface area contributed by atoms with E-state index in [1.807, 2.05) is 0 Å². The van der Waals surface area contributed by atoms with Gasteiger partial charge in [-0.25, -0.2) is 13.4 Å². The summed E-state index contributed by atoms with van der Waals surface area (Å²) in [6, 6.07) is 9.87. The Morgan fingerprint density at radius 3 is 2.56 bits per heavy atom. The van der Waals surface area contributed by atoms with Crippen LogP contribution in [0.4, 0.5) is 5.69 Å². The fourth-order valence-corrected chi connectivity index (χ4v) is 5.83. The molecule has 1 amide bonds. The van der Waals surface area contributed by atoms with E-state index in [-0.39, 0.29) is 16.9 Å². The lowest BCUT2D eigenvalue weighted by molar-refractivity contribution is 0.102. The fraction of sp³-hybridized carbons (Fsp3) is 0.263. The van der Waals surface area contributed by atoms with Gasteiger partial charge < -0.3 is 9.73 Å². The highest BCUT2D eigenvalue weighted by molar-refractivity contribution is 7.92. The summed E-state index contributed by atoms with van der Waals surface area (Å²) in [6.45, 7) is 0. The number of carbonyl (C=O) groups excluding carboxylic acids is 1. The van der Waals surface area contributed by atoms with Crippen LogP contribution in [0.1, 0.15) is 36.2 Å². The molecule has 27 heavy (non-hydrogen) atoms. The molecule has 0 unspecified atom stereocenters. The van der Waals surface area contributed by atoms with Crippen LogP contribution in [0.15, 0.2) is 57.4 Å². The maximum Gasteiger partial charge on any atom is 0.275 e. The summed E-state index contributed by atoms with van der Waals surface area (Å²) < 4.78 is 30.5. The second-order valence-electron chi connectivity index (χ2n) is 6.45. The number of thiazole rings is 1. The first kappa shape index (κ1) is 17.9. The molecule has 6 nitrogen and oxygen atoms in total. The minimum absolute atomic E-state index is 0.284. The molecule has 4 rings (SSSR count). The van der Waals surface area contributed by atoms with Gasteiger partial charge in [0.2, 0.25) is 0 Å². The summed E-state index contributed by atoms with van der Waals surface area (Å²) in [5.41, 5.74) is 0.812. The Balaban J connectivity index is 1.46. The van der Waals surface area contributed by atoms with Gasteiger partial charge in [0.15, 0.2) is 20.6 Å². The molecule has 140 valence electrons. The zero-order valence-electron chi connectivity index (χ0n) is 14.4. The van der Waals surface area contributed by atoms with Crippen molar-refractivity contribution in [2.45, 2.75) is 35.8 Å². The zero-order chi connectivity index (χ0) is 18.9. The van der Waals surface area contributed by atoms with Gasteiger partial charge in [-0.3, -0.25) is 4.79 Å². The van der Waals surface area contributed by atoms with E-state index in [1.165, 1.54) is 11.3 Å². The van der Waals surface area contributed by atoms with Crippen molar-refractivity contribution >= 4 is 32.8 Å². The number of amides is 1. The minimum atomic E-state index is -3.29. The Morgan fingerprint density at radius 2 is 1.89 bits per heavy atom. The lowest BCUT2D eigenvalue weighted by Crippen LogP contribution is -2.18. The van der Waals surface area contributed by atoms with Crippen LogP contribution >= 0.6 is 11.3 Å². The highest BCUT2D eigenvalue weighted by Crippen LogP contribution is 2.30. The van der Waals surface area contributed by atoms with E-state index in [1.54, 1.807) is 48.0 Å². The van der Waals surface area contributed by atoms with Crippen LogP contribution in [0.25, 0.3) is 10.8 Å². The maximum absolute atomic E-state index is 12.6. The molecule has 1 aliphatic carbocycles. The van der Waals surface area contributed by atoms with E-state index in [0.29, 0.717) is 21.4 Å². The normalized spacial score (nSPS) is 15.1. The molecule has 8 heteroatoms. The summed E-state index contributed by atoms with van der Waals surface area (Å²) in [5, 5.41) is 4.75. The van der Waals surface area contributed by atoms with Crippen molar-refractivity contribution in [1.29, 1.82) is 0 Å². The lowest BCUT2D eigenvalue weighted by atomic mass is 10.3. The minimum Gasteiger partial charge on any atom is -0.462 e. The number of sulfone groups is 1. The Hall–Kier alpha value is -2.45. The van der Waals surface area contributed by atoms with Gasteiger partial charge in [-0.05, 0) is 49.2 Å². The van der Waals surface area contributed by atoms with E-state index < -0.39 is 9.84 Å². The topological polar surface area (TPSA) is 89.3 Å². The van der Waals surface area contributed by atoms with E-state index in [0.717, 1.165) is 25.7 Å². The van der Waals surface area contributed by atoms with Crippen molar-refractivity contribution in [3.63, 3.8) is 0 Å². The van der Waals surface area contributed by atoms with Gasteiger partial charge in [0.05, 0.1) is 16.4 Å². The van der Waals surface area contributed by atoms with Crippen LogP contribution in [0, 0.1) is 0 Å². The molecule has 0 aliphatic heterocycles. The summed E-state index contributed by atoms with van der Waals surface area (Å²) >= 11 is 1.32. The van der Waals surface area contributed by atoms with Crippen molar-refractivity contribution in [3.05, 3.63) is 53.7 Å². The first-order valence-electron chi connectivity index (χ1n) is 8.69. The molecule has 0 saturated heterocycles. The van der Waals surface area contributed by atoms with Gasteiger partial charge in [-0.2, -0.15) is 0 Å². The number of anilines is 1. The smallest absolute Gasteiger partial charge is 0.275 e. The molecule has 1 saturated carbocycles. The van der Waals surface area contributed by atoms with E-state index in [4.69, 9.17) is 4.42 Å². The van der Waals surface area contributed by atoms with Crippen molar-refractivity contribution in [2.75, 3.05) is 5.32 Å². The third-order valence-electron chi connectivity index (χ3n) is 4.65. The van der Waals surface area contributed by atoms with Crippen LogP contribution in [-0.2, 0) is 9.84 Å². The molecule has 1 aromatic carbocycles. The van der Waals surface area contributed by atoms with E-state index in [9.17, 15) is 13.2 Å². The molecule has 1 fully saturated rings. The molecular formula is C19H18N2O4S2. The van der Waals surface area contributed by atoms with Gasteiger partial charge in [-0.1, -0.05) is 12.8 Å². The standard InChI is InChI=1S/C19H18N2O4S2/c22-18(16-12-26-19(21-16)17-6-3-11-25-17)20-13-7-9-15(10-8-13)27(23,24)14-4-1-2-5-14/h3,6-12,14H,1-2,4-5H2,(H,20,22). The van der Waals surface area contributed by atoms with Crippen LogP contribution in [0.5, 0.6) is 0 Å². The van der Waals surface area contributed by atoms with Crippen molar-refractivity contribution in [3.8, 4) is 10.8 Å². The average molecular weight is 402 g/mol. The number of carbonyl (C=O) groups is 1. The zero-order valence-corrected chi connectivity index (χ0v) is 16.1. The molecule has 3 aromatic rings. The first-order chi connectivity index (χ1) is 13.0. The molecule has 0 spiro atoms. The maximum atomic E-state index is 12.6. The SMILES string of the molecule is O=C(Nc1ccc(S(=O)(=O)C2CCCC2)cc1)c1csc(-c2ccco2)n1. The summed E-state index contributed by atoms with van der Waals surface area (Å²) in [7, 11) is -3.29. The van der Waals surface area contributed by atoms with Gasteiger partial charge in [0.25, 0.3) is 5.91 Å². The van der Waals surface area contributed by atoms with Gasteiger partial charge in [0.1, 0.15) is 5.69 Å². The van der Waals surface area contributed by atoms with Gasteiger partial charge >= 0.3 is 0 Å². The largest absolute Gasteiger partial charge is 0.462 e. The molecule has 1 N–H and O–H groups in total. The summed E-state index contributed by atoms with van der Waals surface area (Å²) in [4.78, 5) is 17.0. The highest BCUT2D eigenvalue weighted by Gasteiger charge is 2.30. The molecule has 0 atom stereocenters. The quantitative estimate of drug-likeness (QED) is 0.684. The highest BCUT2D eigenvalue weighted by atomic mass is 32.2. The van der Waals surface area contributed by atoms with Crippen molar-refractivity contribution in [1.82, 2.24) is 4.98 Å². The Morgan fingerprint density at radius 1 is 1.15 bits per heavy atom. The number of aromatic nitrogens is 1. The number of benzene rings is 1. The average Bonchev–Trinajstić information content (AvgIpc) is 3.44. The number of nitrogens with zero attached hydrogens (tertiary/aromatic N) is 1. The Bertz CT molecular complexity index is 1030. The summed E-state index contributed by atoms with van der Waals surface area (Å²) in [6.07, 6.45) is 4.93. The van der Waals surface area contributed by atoms with Crippen molar-refractivity contribution in [2.24, 2.45) is 0 Å². The monoisotopic (exact) mass is 402 g/mol. The molecule has 1 aliphatic rings. The fourth-order valence-electron chi connectivity index (χ4n) is 3.21. The molecule has 2 heterocycles. The van der Waals surface area contributed by atoms with Gasteiger partial charge in [0, 0.05) is 11.1 Å². The first-order valence-corrected chi connectivity index (χ1v) is 11.1. The van der Waals surface area contributed by atoms with Crippen LogP contribution in [0.3, 0.4) is 0 Å². The van der Waals surface area contributed by atoms with Gasteiger partial charge in [-0.15, -0.1) is 11.3 Å². The second kappa shape index (κ2) is 7.28. The number of hydrogen-bond acceptors (Lipinski definition) is 6. The van der Waals surface area contributed by atoms with E-state index in [2.05, 4.69) is 10.3 Å². The van der Waals surface area contributed by atoms with Crippen LogP contribution in [-0.4, -0.2) is 24.6 Å². The summed E-state index contributed by atoms with van der Waals surface area (Å²) in [5.74, 6) is 0.260. The predicted octanol–water partition coefficient (Wildman–Crippen LogP) is 4.37. The predicted molar refractivity (Wildman–Crippen MR) is 104 cm³/mol.